The average Bonchev–Trinajstić information content (AvgIpc) is 3.15. The molecule has 1 aromatic carbocycles. The first-order chi connectivity index (χ1) is 14.8. The summed E-state index contributed by atoms with van der Waals surface area (Å²) in [5.41, 5.74) is 8.32. The van der Waals surface area contributed by atoms with Gasteiger partial charge in [0.05, 0.1) is 6.61 Å². The first-order valence-electron chi connectivity index (χ1n) is 10.0. The highest BCUT2D eigenvalue weighted by Crippen LogP contribution is 2.51. The van der Waals surface area contributed by atoms with E-state index in [0.29, 0.717) is 29.7 Å². The van der Waals surface area contributed by atoms with E-state index in [0.717, 1.165) is 16.7 Å². The second-order valence-corrected chi connectivity index (χ2v) is 8.88. The van der Waals surface area contributed by atoms with E-state index in [4.69, 9.17) is 24.9 Å². The molecule has 2 aromatic heterocycles. The van der Waals surface area contributed by atoms with Gasteiger partial charge >= 0.3 is 0 Å². The fraction of sp³-hybridized carbons (Fsp3) is 0.304. The molecule has 0 radical (unpaired) electrons. The van der Waals surface area contributed by atoms with Crippen LogP contribution in [0.25, 0.3) is 11.1 Å². The lowest BCUT2D eigenvalue weighted by atomic mass is 9.83. The van der Waals surface area contributed by atoms with Crippen molar-refractivity contribution in [3.63, 3.8) is 0 Å². The van der Waals surface area contributed by atoms with E-state index in [9.17, 15) is 0 Å². The van der Waals surface area contributed by atoms with Crippen molar-refractivity contribution < 1.29 is 14.2 Å². The fourth-order valence-electron chi connectivity index (χ4n) is 3.68. The summed E-state index contributed by atoms with van der Waals surface area (Å²) in [6.07, 6.45) is 5.03. The van der Waals surface area contributed by atoms with Crippen molar-refractivity contribution in [3.8, 4) is 28.5 Å². The molecule has 0 saturated carbocycles. The molecular formula is C23H23N5O3. The first-order valence-corrected chi connectivity index (χ1v) is 10.0. The Morgan fingerprint density at radius 1 is 1.06 bits per heavy atom. The molecule has 158 valence electrons. The zero-order valence-corrected chi connectivity index (χ0v) is 17.6. The van der Waals surface area contributed by atoms with Gasteiger partial charge in [0.1, 0.15) is 24.4 Å². The summed E-state index contributed by atoms with van der Waals surface area (Å²) < 4.78 is 17.7. The number of pyridine rings is 1. The van der Waals surface area contributed by atoms with Gasteiger partial charge in [0.15, 0.2) is 11.3 Å². The van der Waals surface area contributed by atoms with Crippen LogP contribution in [0.2, 0.25) is 0 Å². The third-order valence-corrected chi connectivity index (χ3v) is 5.15. The molecule has 1 atom stereocenters. The predicted molar refractivity (Wildman–Crippen MR) is 115 cm³/mol. The summed E-state index contributed by atoms with van der Waals surface area (Å²) >= 11 is 0. The van der Waals surface area contributed by atoms with Gasteiger partial charge in [-0.1, -0.05) is 26.8 Å². The minimum Gasteiger partial charge on any atom is -0.477 e. The van der Waals surface area contributed by atoms with Crippen LogP contribution in [0.3, 0.4) is 0 Å². The number of nitrogens with zero attached hydrogens (tertiary/aromatic N) is 4. The maximum absolute atomic E-state index is 6.18. The van der Waals surface area contributed by atoms with E-state index >= 15 is 0 Å². The van der Waals surface area contributed by atoms with E-state index in [1.165, 1.54) is 6.33 Å². The molecule has 0 unspecified atom stereocenters. The molecule has 0 fully saturated rings. The first kappa shape index (κ1) is 19.3. The van der Waals surface area contributed by atoms with Crippen molar-refractivity contribution in [3.05, 3.63) is 60.3 Å². The van der Waals surface area contributed by atoms with Crippen LogP contribution in [-0.4, -0.2) is 34.2 Å². The van der Waals surface area contributed by atoms with E-state index in [-0.39, 0.29) is 18.0 Å². The lowest BCUT2D eigenvalue weighted by molar-refractivity contribution is 0.189. The Morgan fingerprint density at radius 2 is 1.84 bits per heavy atom. The monoisotopic (exact) mass is 417 g/mol. The number of nitrogens with two attached hydrogens (primary N) is 1. The minimum absolute atomic E-state index is 0.00404. The Kier molecular flexibility index (Phi) is 4.32. The number of hydrogen-bond acceptors (Lipinski definition) is 8. The van der Waals surface area contributed by atoms with Crippen LogP contribution in [0.15, 0.2) is 54.0 Å². The maximum atomic E-state index is 6.18. The molecule has 2 aliphatic heterocycles. The molecule has 4 heterocycles. The van der Waals surface area contributed by atoms with Crippen molar-refractivity contribution in [2.75, 3.05) is 13.2 Å². The number of amidine groups is 1. The standard InChI is InChI=1S/C23H23N5O3/c1-22(2,3)11-29-19-7-6-18-20(27-19)23(12-30-21(24)28-23)16-8-14(4-5-17(16)31-18)15-9-25-13-26-10-15/h4-10,13H,11-12H2,1-3H3,(H2,24,28)/t23-/m0/s1. The predicted octanol–water partition coefficient (Wildman–Crippen LogP) is 3.66. The van der Waals surface area contributed by atoms with Gasteiger partial charge in [-0.15, -0.1) is 0 Å². The van der Waals surface area contributed by atoms with Gasteiger partial charge in [0, 0.05) is 29.6 Å². The van der Waals surface area contributed by atoms with Gasteiger partial charge in [-0.3, -0.25) is 0 Å². The SMILES string of the molecule is CC(C)(C)COc1ccc2c(n1)[C@]1(COC(N)=N1)c1cc(-c3cncnc3)ccc1O2. The highest BCUT2D eigenvalue weighted by molar-refractivity contribution is 5.77. The van der Waals surface area contributed by atoms with E-state index in [1.807, 2.05) is 30.3 Å². The van der Waals surface area contributed by atoms with Gasteiger partial charge in [0.25, 0.3) is 6.02 Å². The molecule has 1 spiro atoms. The molecule has 2 N–H and O–H groups in total. The fourth-order valence-corrected chi connectivity index (χ4v) is 3.68. The van der Waals surface area contributed by atoms with Crippen molar-refractivity contribution in [1.82, 2.24) is 15.0 Å². The van der Waals surface area contributed by atoms with Gasteiger partial charge in [0.2, 0.25) is 5.88 Å². The summed E-state index contributed by atoms with van der Waals surface area (Å²) in [5.74, 6) is 1.79. The summed E-state index contributed by atoms with van der Waals surface area (Å²) in [4.78, 5) is 17.7. The van der Waals surface area contributed by atoms with Crippen molar-refractivity contribution in [1.29, 1.82) is 0 Å². The average molecular weight is 417 g/mol. The summed E-state index contributed by atoms with van der Waals surface area (Å²) in [6.45, 7) is 7.08. The van der Waals surface area contributed by atoms with Gasteiger partial charge in [-0.25, -0.2) is 19.9 Å². The van der Waals surface area contributed by atoms with Gasteiger partial charge in [-0.2, -0.15) is 0 Å². The van der Waals surface area contributed by atoms with Crippen LogP contribution < -0.4 is 15.2 Å². The molecule has 8 heteroatoms. The topological polar surface area (TPSA) is 105 Å². The van der Waals surface area contributed by atoms with Crippen LogP contribution in [0.4, 0.5) is 0 Å². The lowest BCUT2D eigenvalue weighted by Gasteiger charge is -2.33. The molecule has 0 aliphatic carbocycles. The third kappa shape index (κ3) is 3.43. The zero-order valence-electron chi connectivity index (χ0n) is 17.6. The van der Waals surface area contributed by atoms with E-state index in [2.05, 4.69) is 35.7 Å². The normalized spacial score (nSPS) is 19.1. The summed E-state index contributed by atoms with van der Waals surface area (Å²) in [5, 5.41) is 0. The third-order valence-electron chi connectivity index (χ3n) is 5.15. The number of ether oxygens (including phenoxy) is 3. The molecule has 0 amide bonds. The molecule has 5 rings (SSSR count). The van der Waals surface area contributed by atoms with Crippen LogP contribution in [0.1, 0.15) is 32.0 Å². The highest BCUT2D eigenvalue weighted by Gasteiger charge is 2.48. The van der Waals surface area contributed by atoms with Crippen molar-refractivity contribution >= 4 is 6.02 Å². The van der Waals surface area contributed by atoms with Crippen molar-refractivity contribution in [2.24, 2.45) is 16.1 Å². The molecule has 0 bridgehead atoms. The molecule has 2 aliphatic rings. The Hall–Kier alpha value is -3.68. The molecule has 0 saturated heterocycles. The molecule has 31 heavy (non-hydrogen) atoms. The number of aromatic nitrogens is 3. The second-order valence-electron chi connectivity index (χ2n) is 8.88. The van der Waals surface area contributed by atoms with Crippen LogP contribution in [0, 0.1) is 5.41 Å². The minimum atomic E-state index is -0.917. The van der Waals surface area contributed by atoms with Crippen LogP contribution in [0.5, 0.6) is 17.4 Å². The molecule has 3 aromatic rings. The number of hydrogen-bond donors (Lipinski definition) is 1. The molecule has 8 nitrogen and oxygen atoms in total. The number of benzene rings is 1. The summed E-state index contributed by atoms with van der Waals surface area (Å²) in [6, 6.07) is 9.67. The Bertz CT molecular complexity index is 1170. The molecular weight excluding hydrogens is 394 g/mol. The van der Waals surface area contributed by atoms with E-state index in [1.54, 1.807) is 12.4 Å². The van der Waals surface area contributed by atoms with E-state index < -0.39 is 5.54 Å². The zero-order chi connectivity index (χ0) is 21.6. The van der Waals surface area contributed by atoms with Gasteiger partial charge in [-0.05, 0) is 29.2 Å². The summed E-state index contributed by atoms with van der Waals surface area (Å²) in [7, 11) is 0. The maximum Gasteiger partial charge on any atom is 0.283 e. The Morgan fingerprint density at radius 3 is 2.55 bits per heavy atom. The number of fused-ring (bicyclic) bond motifs is 4. The van der Waals surface area contributed by atoms with Crippen molar-refractivity contribution in [2.45, 2.75) is 26.3 Å². The number of rotatable bonds is 3. The van der Waals surface area contributed by atoms with Gasteiger partial charge < -0.3 is 19.9 Å². The lowest BCUT2D eigenvalue weighted by Crippen LogP contribution is -2.32. The van der Waals surface area contributed by atoms with Crippen LogP contribution >= 0.6 is 0 Å². The highest BCUT2D eigenvalue weighted by atomic mass is 16.5. The van der Waals surface area contributed by atoms with Crippen LogP contribution in [-0.2, 0) is 10.3 Å². The Labute approximate surface area is 180 Å². The quantitative estimate of drug-likeness (QED) is 0.693. The largest absolute Gasteiger partial charge is 0.477 e. The second kappa shape index (κ2) is 6.94. The number of aliphatic imine (C=N–C) groups is 1. The Balaban J connectivity index is 1.63. The smallest absolute Gasteiger partial charge is 0.283 e.